The summed E-state index contributed by atoms with van der Waals surface area (Å²) in [5.41, 5.74) is 9.84. The highest BCUT2D eigenvalue weighted by Crippen LogP contribution is 2.36. The zero-order valence-electron chi connectivity index (χ0n) is 15.2. The zero-order valence-corrected chi connectivity index (χ0v) is 16.0. The quantitative estimate of drug-likeness (QED) is 0.387. The first-order chi connectivity index (χ1) is 13.7. The van der Waals surface area contributed by atoms with Gasteiger partial charge in [0.2, 0.25) is 5.88 Å². The molecule has 0 atom stereocenters. The van der Waals surface area contributed by atoms with Gasteiger partial charge in [0.1, 0.15) is 28.7 Å². The molecule has 3 heterocycles. The van der Waals surface area contributed by atoms with Gasteiger partial charge in [-0.2, -0.15) is 5.10 Å². The highest BCUT2D eigenvalue weighted by Gasteiger charge is 2.21. The Morgan fingerprint density at radius 2 is 2.04 bits per heavy atom. The molecule has 0 aliphatic heterocycles. The minimum Gasteiger partial charge on any atom is -0.472 e. The van der Waals surface area contributed by atoms with Crippen molar-refractivity contribution in [2.24, 2.45) is 10.7 Å². The maximum Gasteiger partial charge on any atom is 0.236 e. The van der Waals surface area contributed by atoms with E-state index in [1.165, 1.54) is 11.3 Å². The number of nitrogens with zero attached hydrogens (tertiary/aromatic N) is 4. The number of fused-ring (bicyclic) bond motifs is 1. The fraction of sp³-hybridized carbons (Fsp3) is 0.100. The van der Waals surface area contributed by atoms with E-state index in [4.69, 9.17) is 15.9 Å². The van der Waals surface area contributed by atoms with E-state index >= 15 is 0 Å². The van der Waals surface area contributed by atoms with Crippen molar-refractivity contribution in [3.05, 3.63) is 70.9 Å². The van der Waals surface area contributed by atoms with Gasteiger partial charge in [0.25, 0.3) is 0 Å². The minimum absolute atomic E-state index is 0.205. The second-order valence-electron chi connectivity index (χ2n) is 6.06. The molecule has 0 amide bonds. The Morgan fingerprint density at radius 3 is 2.82 bits per heavy atom. The van der Waals surface area contributed by atoms with Crippen LogP contribution >= 0.6 is 11.3 Å². The van der Waals surface area contributed by atoms with Crippen molar-refractivity contribution in [1.82, 2.24) is 14.6 Å². The average Bonchev–Trinajstić information content (AvgIpc) is 3.27. The molecule has 4 aromatic rings. The molecule has 0 radical (unpaired) electrons. The predicted molar refractivity (Wildman–Crippen MR) is 111 cm³/mol. The van der Waals surface area contributed by atoms with Crippen molar-refractivity contribution in [3.63, 3.8) is 0 Å². The Balaban J connectivity index is 1.77. The monoisotopic (exact) mass is 390 g/mol. The first-order valence-electron chi connectivity index (χ1n) is 8.62. The Hall–Kier alpha value is -3.52. The summed E-state index contributed by atoms with van der Waals surface area (Å²) in [7, 11) is 0. The van der Waals surface area contributed by atoms with Crippen LogP contribution in [0, 0.1) is 12.3 Å². The SMILES string of the molecule is Cc1nn2ccccc2c1-c1nc(OCc2ccccc2)c(C(N)=NC=N)s1. The van der Waals surface area contributed by atoms with Crippen molar-refractivity contribution in [3.8, 4) is 16.5 Å². The molecule has 8 heteroatoms. The molecule has 0 unspecified atom stereocenters. The van der Waals surface area contributed by atoms with Crippen molar-refractivity contribution >= 4 is 29.0 Å². The number of thiazole rings is 1. The second-order valence-corrected chi connectivity index (χ2v) is 7.06. The summed E-state index contributed by atoms with van der Waals surface area (Å²) in [6.07, 6.45) is 2.81. The van der Waals surface area contributed by atoms with Gasteiger partial charge in [0.15, 0.2) is 0 Å². The van der Waals surface area contributed by atoms with E-state index in [9.17, 15) is 0 Å². The number of benzene rings is 1. The fourth-order valence-corrected chi connectivity index (χ4v) is 3.93. The molecule has 0 bridgehead atoms. The summed E-state index contributed by atoms with van der Waals surface area (Å²) in [5.74, 6) is 0.609. The summed E-state index contributed by atoms with van der Waals surface area (Å²) in [6, 6.07) is 15.7. The number of aliphatic imine (C=N–C) groups is 1. The summed E-state index contributed by atoms with van der Waals surface area (Å²) in [5, 5.41) is 12.5. The molecule has 4 rings (SSSR count). The normalized spacial score (nSPS) is 11.7. The van der Waals surface area contributed by atoms with E-state index in [2.05, 4.69) is 15.1 Å². The average molecular weight is 390 g/mol. The fourth-order valence-electron chi connectivity index (χ4n) is 2.91. The van der Waals surface area contributed by atoms with Crippen LogP contribution < -0.4 is 10.5 Å². The molecular weight excluding hydrogens is 372 g/mol. The van der Waals surface area contributed by atoms with Crippen molar-refractivity contribution in [2.75, 3.05) is 0 Å². The number of aromatic nitrogens is 3. The van der Waals surface area contributed by atoms with Gasteiger partial charge in [0.05, 0.1) is 16.8 Å². The molecule has 0 fully saturated rings. The number of nitrogens with two attached hydrogens (primary N) is 1. The standard InChI is InChI=1S/C20H18N6OS/c1-13-16(15-9-5-6-10-26(15)25-13)20-24-19(17(28-20)18(22)23-12-21)27-11-14-7-3-2-4-8-14/h2-10,12H,11H2,1H3,(H3,21,22,23). The smallest absolute Gasteiger partial charge is 0.236 e. The third-order valence-electron chi connectivity index (χ3n) is 4.18. The number of rotatable bonds is 6. The van der Waals surface area contributed by atoms with Crippen LogP contribution in [0.25, 0.3) is 16.1 Å². The third kappa shape index (κ3) is 3.37. The van der Waals surface area contributed by atoms with Crippen LogP contribution in [0.3, 0.4) is 0 Å². The summed E-state index contributed by atoms with van der Waals surface area (Å²) < 4.78 is 7.78. The molecule has 28 heavy (non-hydrogen) atoms. The van der Waals surface area contributed by atoms with E-state index in [0.29, 0.717) is 17.4 Å². The van der Waals surface area contributed by atoms with Gasteiger partial charge in [-0.15, -0.1) is 11.3 Å². The third-order valence-corrected chi connectivity index (χ3v) is 5.26. The number of ether oxygens (including phenoxy) is 1. The van der Waals surface area contributed by atoms with E-state index in [0.717, 1.165) is 33.7 Å². The molecule has 0 aliphatic carbocycles. The molecule has 1 aromatic carbocycles. The Kier molecular flexibility index (Phi) is 4.86. The summed E-state index contributed by atoms with van der Waals surface area (Å²) in [4.78, 5) is 9.19. The first kappa shape index (κ1) is 17.9. The lowest BCUT2D eigenvalue weighted by atomic mass is 10.2. The van der Waals surface area contributed by atoms with Gasteiger partial charge in [-0.1, -0.05) is 36.4 Å². The van der Waals surface area contributed by atoms with Crippen LogP contribution in [-0.2, 0) is 6.61 Å². The summed E-state index contributed by atoms with van der Waals surface area (Å²) in [6.45, 7) is 2.31. The molecule has 0 saturated heterocycles. The first-order valence-corrected chi connectivity index (χ1v) is 9.43. The maximum atomic E-state index is 7.21. The van der Waals surface area contributed by atoms with Crippen LogP contribution in [0.4, 0.5) is 0 Å². The van der Waals surface area contributed by atoms with Crippen LogP contribution in [0.5, 0.6) is 5.88 Å². The lowest BCUT2D eigenvalue weighted by Crippen LogP contribution is -2.13. The topological polar surface area (TPSA) is 102 Å². The van der Waals surface area contributed by atoms with E-state index < -0.39 is 0 Å². The van der Waals surface area contributed by atoms with E-state index in [1.807, 2.05) is 66.2 Å². The highest BCUT2D eigenvalue weighted by atomic mass is 32.1. The molecule has 0 spiro atoms. The van der Waals surface area contributed by atoms with Gasteiger partial charge in [-0.05, 0) is 24.6 Å². The van der Waals surface area contributed by atoms with Crippen molar-refractivity contribution < 1.29 is 4.74 Å². The number of amidine groups is 1. The zero-order chi connectivity index (χ0) is 19.5. The Bertz CT molecular complexity index is 1160. The Morgan fingerprint density at radius 1 is 1.25 bits per heavy atom. The summed E-state index contributed by atoms with van der Waals surface area (Å²) >= 11 is 1.38. The van der Waals surface area contributed by atoms with Gasteiger partial charge < -0.3 is 10.5 Å². The molecule has 140 valence electrons. The van der Waals surface area contributed by atoms with Crippen LogP contribution in [-0.4, -0.2) is 26.8 Å². The minimum atomic E-state index is 0.205. The molecule has 7 nitrogen and oxygen atoms in total. The highest BCUT2D eigenvalue weighted by molar-refractivity contribution is 7.17. The van der Waals surface area contributed by atoms with Gasteiger partial charge >= 0.3 is 0 Å². The lowest BCUT2D eigenvalue weighted by molar-refractivity contribution is 0.295. The lowest BCUT2D eigenvalue weighted by Gasteiger charge is -2.05. The number of aryl methyl sites for hydroxylation is 1. The molecular formula is C20H18N6OS. The molecule has 3 aromatic heterocycles. The van der Waals surface area contributed by atoms with Crippen molar-refractivity contribution in [1.29, 1.82) is 5.41 Å². The molecule has 0 aliphatic rings. The van der Waals surface area contributed by atoms with Crippen LogP contribution in [0.2, 0.25) is 0 Å². The molecule has 3 N–H and O–H groups in total. The van der Waals surface area contributed by atoms with Gasteiger partial charge in [-0.25, -0.2) is 14.5 Å². The van der Waals surface area contributed by atoms with Gasteiger partial charge in [-0.3, -0.25) is 5.41 Å². The van der Waals surface area contributed by atoms with Gasteiger partial charge in [0, 0.05) is 6.20 Å². The van der Waals surface area contributed by atoms with E-state index in [-0.39, 0.29) is 5.84 Å². The Labute approximate surface area is 165 Å². The predicted octanol–water partition coefficient (Wildman–Crippen LogP) is 3.66. The number of pyridine rings is 1. The van der Waals surface area contributed by atoms with E-state index in [1.54, 1.807) is 0 Å². The second kappa shape index (κ2) is 7.61. The molecule has 0 saturated carbocycles. The van der Waals surface area contributed by atoms with Crippen LogP contribution in [0.1, 0.15) is 16.1 Å². The number of nitrogens with one attached hydrogen (secondary N) is 1. The number of hydrogen-bond donors (Lipinski definition) is 2. The van der Waals surface area contributed by atoms with Crippen molar-refractivity contribution in [2.45, 2.75) is 13.5 Å². The number of hydrogen-bond acceptors (Lipinski definition) is 5. The maximum absolute atomic E-state index is 7.21. The largest absolute Gasteiger partial charge is 0.472 e. The van der Waals surface area contributed by atoms with Crippen LogP contribution in [0.15, 0.2) is 59.7 Å².